The van der Waals surface area contributed by atoms with Crippen LogP contribution < -0.4 is 5.73 Å². The van der Waals surface area contributed by atoms with Crippen LogP contribution in [0.25, 0.3) is 0 Å². The van der Waals surface area contributed by atoms with Gasteiger partial charge in [-0.25, -0.2) is 9.86 Å². The molecule has 1 aromatic carbocycles. The molecule has 1 aliphatic rings. The average Bonchev–Trinajstić information content (AvgIpc) is 2.59. The van der Waals surface area contributed by atoms with Gasteiger partial charge in [-0.05, 0) is 24.0 Å². The Labute approximate surface area is 81.9 Å². The number of nitrogens with zero attached hydrogens (tertiary/aromatic N) is 1. The fourth-order valence-electron chi connectivity index (χ4n) is 1.89. The number of amides is 2. The Morgan fingerprint density at radius 2 is 1.86 bits per heavy atom. The summed E-state index contributed by atoms with van der Waals surface area (Å²) < 4.78 is 0. The molecule has 0 fully saturated rings. The van der Waals surface area contributed by atoms with E-state index in [1.165, 1.54) is 11.1 Å². The van der Waals surface area contributed by atoms with Crippen molar-refractivity contribution in [2.45, 2.75) is 18.9 Å². The molecule has 2 rings (SSSR count). The summed E-state index contributed by atoms with van der Waals surface area (Å²) in [5.41, 5.74) is 7.34. The number of fused-ring (bicyclic) bond motifs is 1. The second-order valence-electron chi connectivity index (χ2n) is 3.51. The number of primary amides is 1. The maximum absolute atomic E-state index is 10.7. The zero-order valence-corrected chi connectivity index (χ0v) is 7.68. The zero-order valence-electron chi connectivity index (χ0n) is 7.68. The van der Waals surface area contributed by atoms with Gasteiger partial charge in [-0.3, -0.25) is 5.21 Å². The number of carbonyl (C=O) groups excluding carboxylic acids is 1. The van der Waals surface area contributed by atoms with Gasteiger partial charge in [0.2, 0.25) is 0 Å². The summed E-state index contributed by atoms with van der Waals surface area (Å²) in [5, 5.41) is 9.98. The molecule has 0 unspecified atom stereocenters. The molecule has 3 N–H and O–H groups in total. The van der Waals surface area contributed by atoms with Crippen molar-refractivity contribution in [2.24, 2.45) is 5.73 Å². The van der Waals surface area contributed by atoms with E-state index >= 15 is 0 Å². The molecule has 2 amide bonds. The minimum Gasteiger partial charge on any atom is -0.350 e. The van der Waals surface area contributed by atoms with E-state index in [4.69, 9.17) is 5.73 Å². The molecular formula is C10H12N2O2. The SMILES string of the molecule is NC(=O)N(O)C1Cc2ccccc2C1. The van der Waals surface area contributed by atoms with Crippen LogP contribution in [0.3, 0.4) is 0 Å². The van der Waals surface area contributed by atoms with Crippen molar-refractivity contribution in [3.05, 3.63) is 35.4 Å². The molecule has 0 saturated heterocycles. The van der Waals surface area contributed by atoms with Crippen LogP contribution >= 0.6 is 0 Å². The number of hydroxylamine groups is 2. The lowest BCUT2D eigenvalue weighted by atomic mass is 10.1. The van der Waals surface area contributed by atoms with Crippen LogP contribution in [-0.4, -0.2) is 22.3 Å². The number of rotatable bonds is 1. The Balaban J connectivity index is 2.15. The van der Waals surface area contributed by atoms with Crippen LogP contribution in [0.1, 0.15) is 11.1 Å². The highest BCUT2D eigenvalue weighted by atomic mass is 16.5. The molecule has 0 atom stereocenters. The fraction of sp³-hybridized carbons (Fsp3) is 0.300. The van der Waals surface area contributed by atoms with Crippen molar-refractivity contribution < 1.29 is 10.0 Å². The van der Waals surface area contributed by atoms with Crippen LogP contribution in [-0.2, 0) is 12.8 Å². The number of carbonyl (C=O) groups is 1. The highest BCUT2D eigenvalue weighted by Gasteiger charge is 2.27. The number of nitrogens with two attached hydrogens (primary N) is 1. The molecule has 0 radical (unpaired) electrons. The summed E-state index contributed by atoms with van der Waals surface area (Å²) in [5.74, 6) is 0. The van der Waals surface area contributed by atoms with Gasteiger partial charge in [0.1, 0.15) is 0 Å². The molecule has 1 aliphatic carbocycles. The smallest absolute Gasteiger partial charge is 0.338 e. The maximum Gasteiger partial charge on any atom is 0.338 e. The van der Waals surface area contributed by atoms with Crippen molar-refractivity contribution in [3.8, 4) is 0 Å². The third-order valence-electron chi connectivity index (χ3n) is 2.60. The number of hydrogen-bond acceptors (Lipinski definition) is 2. The van der Waals surface area contributed by atoms with Crippen molar-refractivity contribution in [1.82, 2.24) is 5.06 Å². The van der Waals surface area contributed by atoms with Gasteiger partial charge in [-0.15, -0.1) is 0 Å². The number of hydrogen-bond donors (Lipinski definition) is 2. The van der Waals surface area contributed by atoms with Gasteiger partial charge in [0, 0.05) is 0 Å². The molecule has 0 bridgehead atoms. The number of urea groups is 1. The topological polar surface area (TPSA) is 66.6 Å². The third-order valence-corrected chi connectivity index (χ3v) is 2.60. The molecule has 1 aromatic rings. The predicted octanol–water partition coefficient (Wildman–Crippen LogP) is 0.924. The number of benzene rings is 1. The highest BCUT2D eigenvalue weighted by Crippen LogP contribution is 2.24. The lowest BCUT2D eigenvalue weighted by molar-refractivity contribution is -0.0717. The van der Waals surface area contributed by atoms with Crippen LogP contribution in [0.4, 0.5) is 4.79 Å². The van der Waals surface area contributed by atoms with Crippen LogP contribution in [0, 0.1) is 0 Å². The van der Waals surface area contributed by atoms with Gasteiger partial charge in [-0.2, -0.15) is 0 Å². The predicted molar refractivity (Wildman–Crippen MR) is 50.8 cm³/mol. The Hall–Kier alpha value is -1.55. The second-order valence-corrected chi connectivity index (χ2v) is 3.51. The Kier molecular flexibility index (Phi) is 2.13. The summed E-state index contributed by atoms with van der Waals surface area (Å²) in [4.78, 5) is 10.7. The third kappa shape index (κ3) is 1.44. The van der Waals surface area contributed by atoms with Crippen LogP contribution in [0.2, 0.25) is 0 Å². The lowest BCUT2D eigenvalue weighted by Gasteiger charge is -2.18. The standard InChI is InChI=1S/C10H12N2O2/c11-10(13)12(14)9-5-7-3-1-2-4-8(7)6-9/h1-4,9,14H,5-6H2,(H2,11,13). The zero-order chi connectivity index (χ0) is 10.1. The summed E-state index contributed by atoms with van der Waals surface area (Å²) in [6.45, 7) is 0. The van der Waals surface area contributed by atoms with Crippen molar-refractivity contribution in [2.75, 3.05) is 0 Å². The van der Waals surface area contributed by atoms with Gasteiger partial charge < -0.3 is 5.73 Å². The molecule has 0 heterocycles. The molecule has 4 nitrogen and oxygen atoms in total. The minimum atomic E-state index is -0.789. The lowest BCUT2D eigenvalue weighted by Crippen LogP contribution is -2.41. The second kappa shape index (κ2) is 3.31. The van der Waals surface area contributed by atoms with Gasteiger partial charge in [-0.1, -0.05) is 24.3 Å². The summed E-state index contributed by atoms with van der Waals surface area (Å²) in [6, 6.07) is 6.92. The summed E-state index contributed by atoms with van der Waals surface area (Å²) in [7, 11) is 0. The summed E-state index contributed by atoms with van der Waals surface area (Å²) >= 11 is 0. The first-order valence-electron chi connectivity index (χ1n) is 4.53. The molecule has 0 aromatic heterocycles. The van der Waals surface area contributed by atoms with E-state index in [1.54, 1.807) is 0 Å². The van der Waals surface area contributed by atoms with E-state index in [0.29, 0.717) is 17.9 Å². The monoisotopic (exact) mass is 192 g/mol. The van der Waals surface area contributed by atoms with E-state index in [2.05, 4.69) is 0 Å². The van der Waals surface area contributed by atoms with Crippen molar-refractivity contribution in [1.29, 1.82) is 0 Å². The summed E-state index contributed by atoms with van der Waals surface area (Å²) in [6.07, 6.45) is 1.35. The molecule has 74 valence electrons. The Bertz CT molecular complexity index is 340. The van der Waals surface area contributed by atoms with E-state index in [-0.39, 0.29) is 6.04 Å². The van der Waals surface area contributed by atoms with Gasteiger partial charge in [0.05, 0.1) is 6.04 Å². The van der Waals surface area contributed by atoms with Crippen molar-refractivity contribution >= 4 is 6.03 Å². The minimum absolute atomic E-state index is 0.204. The van der Waals surface area contributed by atoms with Gasteiger partial charge in [0.25, 0.3) is 0 Å². The average molecular weight is 192 g/mol. The molecule has 0 spiro atoms. The normalized spacial score (nSPS) is 15.2. The Morgan fingerprint density at radius 3 is 2.29 bits per heavy atom. The fourth-order valence-corrected chi connectivity index (χ4v) is 1.89. The Morgan fingerprint density at radius 1 is 1.36 bits per heavy atom. The molecule has 0 aliphatic heterocycles. The molecular weight excluding hydrogens is 180 g/mol. The highest BCUT2D eigenvalue weighted by molar-refractivity contribution is 5.71. The van der Waals surface area contributed by atoms with Crippen LogP contribution in [0.15, 0.2) is 24.3 Å². The van der Waals surface area contributed by atoms with Gasteiger partial charge in [0.15, 0.2) is 0 Å². The molecule has 14 heavy (non-hydrogen) atoms. The van der Waals surface area contributed by atoms with Gasteiger partial charge >= 0.3 is 6.03 Å². The maximum atomic E-state index is 10.7. The van der Waals surface area contributed by atoms with E-state index in [9.17, 15) is 10.0 Å². The quantitative estimate of drug-likeness (QED) is 0.513. The molecule has 4 heteroatoms. The van der Waals surface area contributed by atoms with E-state index in [0.717, 1.165) is 0 Å². The van der Waals surface area contributed by atoms with Crippen LogP contribution in [0.5, 0.6) is 0 Å². The van der Waals surface area contributed by atoms with Crippen molar-refractivity contribution in [3.63, 3.8) is 0 Å². The largest absolute Gasteiger partial charge is 0.350 e. The molecule has 0 saturated carbocycles. The first kappa shape index (κ1) is 9.02. The first-order chi connectivity index (χ1) is 6.68. The van der Waals surface area contributed by atoms with E-state index < -0.39 is 6.03 Å². The first-order valence-corrected chi connectivity index (χ1v) is 4.53. The van der Waals surface area contributed by atoms with E-state index in [1.807, 2.05) is 24.3 Å².